The van der Waals surface area contributed by atoms with Crippen LogP contribution in [0.2, 0.25) is 0 Å². The number of nitrogen functional groups attached to an aromatic ring is 1. The molecular formula is C12H13NO3S. The highest BCUT2D eigenvalue weighted by molar-refractivity contribution is 7.21. The number of carbonyl (C=O) groups excluding carboxylic acids is 1. The van der Waals surface area contributed by atoms with Gasteiger partial charge in [0, 0.05) is 15.8 Å². The van der Waals surface area contributed by atoms with Crippen molar-refractivity contribution < 1.29 is 14.3 Å². The van der Waals surface area contributed by atoms with Crippen LogP contribution >= 0.6 is 11.3 Å². The van der Waals surface area contributed by atoms with E-state index in [-0.39, 0.29) is 5.97 Å². The Morgan fingerprint density at radius 1 is 1.47 bits per heavy atom. The molecule has 5 heteroatoms. The molecule has 2 N–H and O–H groups in total. The zero-order chi connectivity index (χ0) is 12.4. The number of rotatable bonds is 3. The number of benzene rings is 1. The Morgan fingerprint density at radius 2 is 2.24 bits per heavy atom. The van der Waals surface area contributed by atoms with Crippen molar-refractivity contribution >= 4 is 33.1 Å². The maximum absolute atomic E-state index is 11.6. The van der Waals surface area contributed by atoms with Gasteiger partial charge in [-0.2, -0.15) is 0 Å². The molecule has 1 aromatic carbocycles. The van der Waals surface area contributed by atoms with Crippen LogP contribution in [-0.2, 0) is 4.74 Å². The molecule has 0 saturated heterocycles. The Balaban J connectivity index is 2.66. The Morgan fingerprint density at radius 3 is 2.88 bits per heavy atom. The second kappa shape index (κ2) is 4.63. The lowest BCUT2D eigenvalue weighted by Crippen LogP contribution is -2.02. The van der Waals surface area contributed by atoms with E-state index in [0.29, 0.717) is 22.9 Å². The average molecular weight is 251 g/mol. The first-order chi connectivity index (χ1) is 8.17. The SMILES string of the molecule is CCOc1c(C(=O)OC)sc2ccc(N)cc12. The van der Waals surface area contributed by atoms with Gasteiger partial charge in [0.25, 0.3) is 0 Å². The highest BCUT2D eigenvalue weighted by Crippen LogP contribution is 2.39. The zero-order valence-electron chi connectivity index (χ0n) is 9.65. The van der Waals surface area contributed by atoms with Crippen molar-refractivity contribution in [1.29, 1.82) is 0 Å². The fourth-order valence-electron chi connectivity index (χ4n) is 1.61. The van der Waals surface area contributed by atoms with E-state index in [2.05, 4.69) is 0 Å². The van der Waals surface area contributed by atoms with Crippen molar-refractivity contribution in [3.05, 3.63) is 23.1 Å². The van der Waals surface area contributed by atoms with Crippen LogP contribution in [0.15, 0.2) is 18.2 Å². The summed E-state index contributed by atoms with van der Waals surface area (Å²) in [6.45, 7) is 2.36. The fourth-order valence-corrected chi connectivity index (χ4v) is 2.65. The molecule has 0 radical (unpaired) electrons. The summed E-state index contributed by atoms with van der Waals surface area (Å²) < 4.78 is 11.2. The number of hydrogen-bond donors (Lipinski definition) is 1. The van der Waals surface area contributed by atoms with Gasteiger partial charge in [-0.15, -0.1) is 11.3 Å². The molecule has 1 heterocycles. The van der Waals surface area contributed by atoms with Crippen molar-refractivity contribution in [3.63, 3.8) is 0 Å². The van der Waals surface area contributed by atoms with Crippen molar-refractivity contribution in [2.24, 2.45) is 0 Å². The van der Waals surface area contributed by atoms with Gasteiger partial charge in [-0.3, -0.25) is 0 Å². The van der Waals surface area contributed by atoms with Gasteiger partial charge in [-0.05, 0) is 25.1 Å². The molecule has 0 spiro atoms. The first-order valence-electron chi connectivity index (χ1n) is 5.20. The summed E-state index contributed by atoms with van der Waals surface area (Å²) in [7, 11) is 1.36. The van der Waals surface area contributed by atoms with E-state index in [1.54, 1.807) is 6.07 Å². The molecule has 0 fully saturated rings. The Kier molecular flexibility index (Phi) is 3.19. The molecule has 4 nitrogen and oxygen atoms in total. The lowest BCUT2D eigenvalue weighted by atomic mass is 10.2. The first kappa shape index (κ1) is 11.7. The minimum absolute atomic E-state index is 0.381. The van der Waals surface area contributed by atoms with Crippen LogP contribution in [0.1, 0.15) is 16.6 Å². The smallest absolute Gasteiger partial charge is 0.351 e. The van der Waals surface area contributed by atoms with Gasteiger partial charge in [-0.25, -0.2) is 4.79 Å². The monoisotopic (exact) mass is 251 g/mol. The predicted octanol–water partition coefficient (Wildman–Crippen LogP) is 2.67. The average Bonchev–Trinajstić information content (AvgIpc) is 2.67. The summed E-state index contributed by atoms with van der Waals surface area (Å²) in [5.41, 5.74) is 6.39. The number of methoxy groups -OCH3 is 1. The number of ether oxygens (including phenoxy) is 2. The zero-order valence-corrected chi connectivity index (χ0v) is 10.5. The van der Waals surface area contributed by atoms with E-state index in [0.717, 1.165) is 10.1 Å². The molecule has 1 aromatic heterocycles. The third kappa shape index (κ3) is 2.06. The minimum Gasteiger partial charge on any atom is -0.491 e. The third-order valence-corrected chi connectivity index (χ3v) is 3.46. The van der Waals surface area contributed by atoms with Crippen LogP contribution in [0.25, 0.3) is 10.1 Å². The highest BCUT2D eigenvalue weighted by atomic mass is 32.1. The normalized spacial score (nSPS) is 10.5. The van der Waals surface area contributed by atoms with Crippen LogP contribution < -0.4 is 10.5 Å². The largest absolute Gasteiger partial charge is 0.491 e. The quantitative estimate of drug-likeness (QED) is 0.673. The summed E-state index contributed by atoms with van der Waals surface area (Å²) >= 11 is 1.35. The van der Waals surface area contributed by atoms with Gasteiger partial charge < -0.3 is 15.2 Å². The van der Waals surface area contributed by atoms with Gasteiger partial charge in [-0.1, -0.05) is 0 Å². The summed E-state index contributed by atoms with van der Waals surface area (Å²) in [6.07, 6.45) is 0. The summed E-state index contributed by atoms with van der Waals surface area (Å²) in [4.78, 5) is 12.1. The molecule has 0 aliphatic rings. The lowest BCUT2D eigenvalue weighted by molar-refractivity contribution is 0.0602. The number of nitrogens with two attached hydrogens (primary N) is 1. The molecule has 2 aromatic rings. The van der Waals surface area contributed by atoms with E-state index in [1.165, 1.54) is 18.4 Å². The molecule has 0 unspecified atom stereocenters. The van der Waals surface area contributed by atoms with Gasteiger partial charge in [0.05, 0.1) is 13.7 Å². The molecule has 17 heavy (non-hydrogen) atoms. The molecule has 2 rings (SSSR count). The van der Waals surface area contributed by atoms with Gasteiger partial charge in [0.1, 0.15) is 0 Å². The number of esters is 1. The molecule has 0 bridgehead atoms. The maximum atomic E-state index is 11.6. The molecule has 0 saturated carbocycles. The van der Waals surface area contributed by atoms with Crippen LogP contribution in [0.3, 0.4) is 0 Å². The second-order valence-electron chi connectivity index (χ2n) is 3.44. The summed E-state index contributed by atoms with van der Waals surface area (Å²) in [6, 6.07) is 5.49. The Hall–Kier alpha value is -1.75. The van der Waals surface area contributed by atoms with E-state index < -0.39 is 0 Å². The number of carbonyl (C=O) groups is 1. The Labute approximate surface area is 103 Å². The highest BCUT2D eigenvalue weighted by Gasteiger charge is 2.20. The number of fused-ring (bicyclic) bond motifs is 1. The summed E-state index contributed by atoms with van der Waals surface area (Å²) in [5.74, 6) is 0.180. The fraction of sp³-hybridized carbons (Fsp3) is 0.250. The summed E-state index contributed by atoms with van der Waals surface area (Å²) in [5, 5.41) is 0.859. The van der Waals surface area contributed by atoms with Gasteiger partial charge >= 0.3 is 5.97 Å². The molecular weight excluding hydrogens is 238 g/mol. The first-order valence-corrected chi connectivity index (χ1v) is 6.02. The van der Waals surface area contributed by atoms with Crippen LogP contribution in [0.4, 0.5) is 5.69 Å². The molecule has 0 atom stereocenters. The molecule has 90 valence electrons. The van der Waals surface area contributed by atoms with Crippen molar-refractivity contribution in [3.8, 4) is 5.75 Å². The molecule has 0 amide bonds. The number of hydrogen-bond acceptors (Lipinski definition) is 5. The minimum atomic E-state index is -0.381. The van der Waals surface area contributed by atoms with Gasteiger partial charge in [0.15, 0.2) is 10.6 Å². The van der Waals surface area contributed by atoms with E-state index >= 15 is 0 Å². The van der Waals surface area contributed by atoms with E-state index in [4.69, 9.17) is 15.2 Å². The van der Waals surface area contributed by atoms with Crippen molar-refractivity contribution in [1.82, 2.24) is 0 Å². The third-order valence-electron chi connectivity index (χ3n) is 2.33. The van der Waals surface area contributed by atoms with E-state index in [1.807, 2.05) is 19.1 Å². The van der Waals surface area contributed by atoms with Crippen LogP contribution in [0.5, 0.6) is 5.75 Å². The van der Waals surface area contributed by atoms with Crippen LogP contribution in [-0.4, -0.2) is 19.7 Å². The predicted molar refractivity (Wildman–Crippen MR) is 68.7 cm³/mol. The molecule has 0 aliphatic heterocycles. The number of anilines is 1. The second-order valence-corrected chi connectivity index (χ2v) is 4.49. The van der Waals surface area contributed by atoms with Crippen LogP contribution in [0, 0.1) is 0 Å². The maximum Gasteiger partial charge on any atom is 0.351 e. The van der Waals surface area contributed by atoms with Crippen molar-refractivity contribution in [2.75, 3.05) is 19.5 Å². The van der Waals surface area contributed by atoms with E-state index in [9.17, 15) is 4.79 Å². The standard InChI is InChI=1S/C12H13NO3S/c1-3-16-10-8-6-7(13)4-5-9(8)17-11(10)12(14)15-2/h4-6H,3,13H2,1-2H3. The number of thiophene rings is 1. The topological polar surface area (TPSA) is 61.5 Å². The van der Waals surface area contributed by atoms with Crippen molar-refractivity contribution in [2.45, 2.75) is 6.92 Å². The Bertz CT molecular complexity index is 562. The lowest BCUT2D eigenvalue weighted by Gasteiger charge is -2.04. The van der Waals surface area contributed by atoms with Gasteiger partial charge in [0.2, 0.25) is 0 Å². The molecule has 0 aliphatic carbocycles.